The number of aryl methyl sites for hydroxylation is 1. The first kappa shape index (κ1) is 21.3. The highest BCUT2D eigenvalue weighted by atomic mass is 35.5. The summed E-state index contributed by atoms with van der Waals surface area (Å²) in [5.74, 6) is 0.863. The molecular formula is C19H20ClF3N2OS. The Hall–Kier alpha value is -1.99. The zero-order valence-electron chi connectivity index (χ0n) is 14.7. The molecule has 146 valence electrons. The third-order valence-electron chi connectivity index (χ3n) is 3.71. The van der Waals surface area contributed by atoms with Crippen molar-refractivity contribution in [3.63, 3.8) is 0 Å². The second-order valence-electron chi connectivity index (χ2n) is 5.72. The molecule has 0 unspecified atom stereocenters. The molecule has 0 radical (unpaired) electrons. The van der Waals surface area contributed by atoms with E-state index in [2.05, 4.69) is 10.6 Å². The minimum absolute atomic E-state index is 0.228. The van der Waals surface area contributed by atoms with Gasteiger partial charge in [-0.2, -0.15) is 13.2 Å². The van der Waals surface area contributed by atoms with E-state index in [1.165, 1.54) is 12.1 Å². The fraction of sp³-hybridized carbons (Fsp3) is 0.316. The van der Waals surface area contributed by atoms with E-state index < -0.39 is 11.7 Å². The molecule has 0 amide bonds. The van der Waals surface area contributed by atoms with Crippen LogP contribution in [0.1, 0.15) is 24.5 Å². The van der Waals surface area contributed by atoms with Crippen molar-refractivity contribution >= 4 is 34.6 Å². The molecule has 0 atom stereocenters. The molecule has 0 aliphatic heterocycles. The van der Waals surface area contributed by atoms with Gasteiger partial charge in [0, 0.05) is 12.2 Å². The van der Waals surface area contributed by atoms with Crippen LogP contribution in [0.5, 0.6) is 5.75 Å². The largest absolute Gasteiger partial charge is 0.494 e. The molecule has 2 rings (SSSR count). The lowest BCUT2D eigenvalue weighted by Crippen LogP contribution is -2.29. The number of ether oxygens (including phenoxy) is 1. The summed E-state index contributed by atoms with van der Waals surface area (Å²) in [5, 5.41) is 5.65. The number of nitrogens with one attached hydrogen (secondary N) is 2. The standard InChI is InChI=1S/C19H20ClF3N2OS/c1-2-26-17-8-4-3-6-13(17)7-5-11-24-18(27)25-14-9-10-16(20)15(12-14)19(21,22)23/h3-4,6,8-10,12H,2,5,7,11H2,1H3,(H2,24,25,27). The number of anilines is 1. The summed E-state index contributed by atoms with van der Waals surface area (Å²) >= 11 is 10.7. The Balaban J connectivity index is 1.84. The van der Waals surface area contributed by atoms with Crippen LogP contribution in [0.2, 0.25) is 5.02 Å². The molecule has 0 bridgehead atoms. The topological polar surface area (TPSA) is 33.3 Å². The lowest BCUT2D eigenvalue weighted by atomic mass is 10.1. The summed E-state index contributed by atoms with van der Waals surface area (Å²) in [7, 11) is 0. The van der Waals surface area contributed by atoms with E-state index in [1.807, 2.05) is 31.2 Å². The van der Waals surface area contributed by atoms with Crippen molar-refractivity contribution in [2.75, 3.05) is 18.5 Å². The molecule has 3 nitrogen and oxygen atoms in total. The first-order chi connectivity index (χ1) is 12.8. The highest BCUT2D eigenvalue weighted by molar-refractivity contribution is 7.80. The van der Waals surface area contributed by atoms with Gasteiger partial charge in [0.05, 0.1) is 17.2 Å². The Bertz CT molecular complexity index is 784. The van der Waals surface area contributed by atoms with Gasteiger partial charge in [0.15, 0.2) is 5.11 Å². The summed E-state index contributed by atoms with van der Waals surface area (Å²) in [6.45, 7) is 3.11. The minimum Gasteiger partial charge on any atom is -0.494 e. The van der Waals surface area contributed by atoms with Gasteiger partial charge in [0.1, 0.15) is 5.75 Å². The van der Waals surface area contributed by atoms with Crippen LogP contribution < -0.4 is 15.4 Å². The zero-order valence-corrected chi connectivity index (χ0v) is 16.3. The summed E-state index contributed by atoms with van der Waals surface area (Å²) in [4.78, 5) is 0. The van der Waals surface area contributed by atoms with Crippen molar-refractivity contribution in [3.8, 4) is 5.75 Å². The zero-order chi connectivity index (χ0) is 19.9. The van der Waals surface area contributed by atoms with Gasteiger partial charge >= 0.3 is 6.18 Å². The van der Waals surface area contributed by atoms with Crippen molar-refractivity contribution in [2.24, 2.45) is 0 Å². The van der Waals surface area contributed by atoms with E-state index >= 15 is 0 Å². The lowest BCUT2D eigenvalue weighted by Gasteiger charge is -2.14. The number of para-hydroxylation sites is 1. The predicted octanol–water partition coefficient (Wildman–Crippen LogP) is 5.68. The SMILES string of the molecule is CCOc1ccccc1CCCNC(=S)Nc1ccc(Cl)c(C(F)(F)F)c1. The normalized spacial score (nSPS) is 11.1. The van der Waals surface area contributed by atoms with E-state index in [-0.39, 0.29) is 15.8 Å². The monoisotopic (exact) mass is 416 g/mol. The molecule has 27 heavy (non-hydrogen) atoms. The van der Waals surface area contributed by atoms with Crippen LogP contribution in [0, 0.1) is 0 Å². The number of rotatable bonds is 7. The number of thiocarbonyl (C=S) groups is 1. The second kappa shape index (κ2) is 9.80. The van der Waals surface area contributed by atoms with Gasteiger partial charge in [-0.1, -0.05) is 29.8 Å². The van der Waals surface area contributed by atoms with Crippen molar-refractivity contribution in [1.82, 2.24) is 5.32 Å². The third-order valence-corrected chi connectivity index (χ3v) is 4.29. The third kappa shape index (κ3) is 6.59. The number of benzene rings is 2. The smallest absolute Gasteiger partial charge is 0.417 e. The van der Waals surface area contributed by atoms with E-state index in [9.17, 15) is 13.2 Å². The molecule has 2 aromatic carbocycles. The molecule has 8 heteroatoms. The van der Waals surface area contributed by atoms with Crippen LogP contribution in [0.15, 0.2) is 42.5 Å². The highest BCUT2D eigenvalue weighted by Gasteiger charge is 2.33. The van der Waals surface area contributed by atoms with Crippen LogP contribution in [-0.2, 0) is 12.6 Å². The summed E-state index contributed by atoms with van der Waals surface area (Å²) in [6, 6.07) is 11.4. The maximum absolute atomic E-state index is 12.9. The molecule has 0 heterocycles. The average molecular weight is 417 g/mol. The van der Waals surface area contributed by atoms with Crippen molar-refractivity contribution in [1.29, 1.82) is 0 Å². The minimum atomic E-state index is -4.52. The summed E-state index contributed by atoms with van der Waals surface area (Å²) < 4.78 is 44.3. The van der Waals surface area contributed by atoms with Gasteiger partial charge < -0.3 is 15.4 Å². The lowest BCUT2D eigenvalue weighted by molar-refractivity contribution is -0.137. The number of alkyl halides is 3. The maximum atomic E-state index is 12.9. The van der Waals surface area contributed by atoms with Crippen molar-refractivity contribution in [2.45, 2.75) is 25.9 Å². The van der Waals surface area contributed by atoms with E-state index in [0.29, 0.717) is 13.2 Å². The van der Waals surface area contributed by atoms with Gasteiger partial charge in [-0.05, 0) is 61.8 Å². The fourth-order valence-corrected chi connectivity index (χ4v) is 2.93. The van der Waals surface area contributed by atoms with Gasteiger partial charge in [-0.3, -0.25) is 0 Å². The van der Waals surface area contributed by atoms with Crippen LogP contribution in [-0.4, -0.2) is 18.3 Å². The quantitative estimate of drug-likeness (QED) is 0.449. The Labute approximate surface area is 166 Å². The summed E-state index contributed by atoms with van der Waals surface area (Å²) in [5.41, 5.74) is 0.433. The number of hydrogen-bond donors (Lipinski definition) is 2. The molecule has 2 N–H and O–H groups in total. The molecule has 0 saturated heterocycles. The molecule has 2 aromatic rings. The van der Waals surface area contributed by atoms with Crippen molar-refractivity contribution in [3.05, 3.63) is 58.6 Å². The Morgan fingerprint density at radius 1 is 1.19 bits per heavy atom. The van der Waals surface area contributed by atoms with Crippen LogP contribution in [0.4, 0.5) is 18.9 Å². The molecule has 0 fully saturated rings. The number of halogens is 4. The predicted molar refractivity (Wildman–Crippen MR) is 107 cm³/mol. The highest BCUT2D eigenvalue weighted by Crippen LogP contribution is 2.36. The molecule has 0 spiro atoms. The van der Waals surface area contributed by atoms with Gasteiger partial charge in [-0.15, -0.1) is 0 Å². The maximum Gasteiger partial charge on any atom is 0.417 e. The van der Waals surface area contributed by atoms with Crippen LogP contribution in [0.25, 0.3) is 0 Å². The first-order valence-corrected chi connectivity index (χ1v) is 9.22. The average Bonchev–Trinajstić information content (AvgIpc) is 2.61. The van der Waals surface area contributed by atoms with E-state index in [0.717, 1.165) is 30.2 Å². The Morgan fingerprint density at radius 3 is 2.63 bits per heavy atom. The van der Waals surface area contributed by atoms with Gasteiger partial charge in [0.2, 0.25) is 0 Å². The molecule has 0 saturated carbocycles. The fourth-order valence-electron chi connectivity index (χ4n) is 2.48. The molecule has 0 aliphatic rings. The van der Waals surface area contributed by atoms with Gasteiger partial charge in [-0.25, -0.2) is 0 Å². The van der Waals surface area contributed by atoms with Gasteiger partial charge in [0.25, 0.3) is 0 Å². The van der Waals surface area contributed by atoms with Crippen LogP contribution >= 0.6 is 23.8 Å². The van der Waals surface area contributed by atoms with E-state index in [4.69, 9.17) is 28.6 Å². The molecular weight excluding hydrogens is 397 g/mol. The Morgan fingerprint density at radius 2 is 1.93 bits per heavy atom. The summed E-state index contributed by atoms with van der Waals surface area (Å²) in [6.07, 6.45) is -2.93. The van der Waals surface area contributed by atoms with Crippen molar-refractivity contribution < 1.29 is 17.9 Å². The number of hydrogen-bond acceptors (Lipinski definition) is 2. The van der Waals surface area contributed by atoms with E-state index in [1.54, 1.807) is 0 Å². The first-order valence-electron chi connectivity index (χ1n) is 8.43. The second-order valence-corrected chi connectivity index (χ2v) is 6.53. The molecule has 0 aromatic heterocycles. The van der Waals surface area contributed by atoms with Crippen LogP contribution in [0.3, 0.4) is 0 Å². The molecule has 0 aliphatic carbocycles. The Kier molecular flexibility index (Phi) is 7.74.